The Labute approximate surface area is 125 Å². The number of carbonyl (C=O) groups excluding carboxylic acids is 2. The van der Waals surface area contributed by atoms with Gasteiger partial charge < -0.3 is 5.32 Å². The van der Waals surface area contributed by atoms with Crippen LogP contribution in [0.3, 0.4) is 0 Å². The van der Waals surface area contributed by atoms with Gasteiger partial charge in [0.1, 0.15) is 0 Å². The first-order chi connectivity index (χ1) is 9.90. The van der Waals surface area contributed by atoms with Crippen molar-refractivity contribution in [1.29, 1.82) is 0 Å². The Kier molecular flexibility index (Phi) is 6.59. The fraction of sp³-hybridized carbons (Fsp3) is 0.438. The molecule has 5 nitrogen and oxygen atoms in total. The average Bonchev–Trinajstić information content (AvgIpc) is 2.45. The number of hydrazone groups is 1. The van der Waals surface area contributed by atoms with Crippen LogP contribution in [0, 0.1) is 5.92 Å². The number of benzene rings is 1. The van der Waals surface area contributed by atoms with Crippen LogP contribution in [-0.4, -0.2) is 24.6 Å². The van der Waals surface area contributed by atoms with Crippen LogP contribution in [0.25, 0.3) is 0 Å². The molecule has 0 aromatic heterocycles. The molecular formula is C16H23N3O2. The lowest BCUT2D eigenvalue weighted by molar-refractivity contribution is -0.139. The Morgan fingerprint density at radius 2 is 1.71 bits per heavy atom. The van der Waals surface area contributed by atoms with Crippen LogP contribution < -0.4 is 10.7 Å². The second-order valence-electron chi connectivity index (χ2n) is 5.62. The molecule has 0 heterocycles. The Bertz CT molecular complexity index is 505. The lowest BCUT2D eigenvalue weighted by Crippen LogP contribution is -2.39. The minimum Gasteiger partial charge on any atom is -0.348 e. The molecule has 0 saturated heterocycles. The molecule has 0 fully saturated rings. The molecule has 0 radical (unpaired) electrons. The molecule has 5 heteroatoms. The summed E-state index contributed by atoms with van der Waals surface area (Å²) in [6.07, 6.45) is 1.51. The molecule has 1 aromatic rings. The summed E-state index contributed by atoms with van der Waals surface area (Å²) < 4.78 is 0. The van der Waals surface area contributed by atoms with E-state index in [0.717, 1.165) is 5.56 Å². The largest absolute Gasteiger partial charge is 0.348 e. The van der Waals surface area contributed by atoms with Crippen molar-refractivity contribution in [3.8, 4) is 0 Å². The first kappa shape index (κ1) is 16.9. The van der Waals surface area contributed by atoms with Gasteiger partial charge in [-0.25, -0.2) is 5.43 Å². The van der Waals surface area contributed by atoms with Crippen LogP contribution in [0.1, 0.15) is 44.7 Å². The molecule has 0 aliphatic carbocycles. The molecular weight excluding hydrogens is 266 g/mol. The van der Waals surface area contributed by atoms with Crippen LogP contribution in [-0.2, 0) is 9.59 Å². The standard InChI is InChI=1S/C16H23N3O2/c1-11(2)9-17-15(20)16(21)19-18-10-13-5-7-14(8-6-13)12(3)4/h5-8,10-12H,9H2,1-4H3,(H,17,20)(H,19,21)/b18-10-. The minimum absolute atomic E-state index is 0.296. The van der Waals surface area contributed by atoms with Gasteiger partial charge in [0.25, 0.3) is 0 Å². The molecule has 0 saturated carbocycles. The Balaban J connectivity index is 2.46. The highest BCUT2D eigenvalue weighted by Crippen LogP contribution is 2.13. The van der Waals surface area contributed by atoms with Crippen LogP contribution in [0.4, 0.5) is 0 Å². The van der Waals surface area contributed by atoms with E-state index in [4.69, 9.17) is 0 Å². The van der Waals surface area contributed by atoms with Crippen molar-refractivity contribution in [1.82, 2.24) is 10.7 Å². The molecule has 0 aliphatic rings. The van der Waals surface area contributed by atoms with E-state index in [-0.39, 0.29) is 0 Å². The molecule has 2 amide bonds. The number of hydrogen-bond acceptors (Lipinski definition) is 3. The van der Waals surface area contributed by atoms with Gasteiger partial charge in [-0.1, -0.05) is 52.0 Å². The summed E-state index contributed by atoms with van der Waals surface area (Å²) in [6, 6.07) is 7.88. The Morgan fingerprint density at radius 3 is 2.24 bits per heavy atom. The predicted octanol–water partition coefficient (Wildman–Crippen LogP) is 2.03. The van der Waals surface area contributed by atoms with Gasteiger partial charge in [-0.3, -0.25) is 9.59 Å². The molecule has 0 unspecified atom stereocenters. The van der Waals surface area contributed by atoms with Crippen molar-refractivity contribution in [3.05, 3.63) is 35.4 Å². The molecule has 0 atom stereocenters. The van der Waals surface area contributed by atoms with Crippen LogP contribution in [0.5, 0.6) is 0 Å². The van der Waals surface area contributed by atoms with Crippen LogP contribution in [0.15, 0.2) is 29.4 Å². The van der Waals surface area contributed by atoms with Crippen molar-refractivity contribution >= 4 is 18.0 Å². The highest BCUT2D eigenvalue weighted by atomic mass is 16.2. The van der Waals surface area contributed by atoms with Crippen LogP contribution >= 0.6 is 0 Å². The van der Waals surface area contributed by atoms with Crippen molar-refractivity contribution in [2.75, 3.05) is 6.54 Å². The predicted molar refractivity (Wildman–Crippen MR) is 84.1 cm³/mol. The zero-order valence-electron chi connectivity index (χ0n) is 13.0. The summed E-state index contributed by atoms with van der Waals surface area (Å²) in [5.74, 6) is -0.660. The zero-order valence-corrected chi connectivity index (χ0v) is 13.0. The first-order valence-corrected chi connectivity index (χ1v) is 7.11. The summed E-state index contributed by atoms with van der Waals surface area (Å²) in [4.78, 5) is 22.9. The topological polar surface area (TPSA) is 70.6 Å². The summed E-state index contributed by atoms with van der Waals surface area (Å²) in [7, 11) is 0. The van der Waals surface area contributed by atoms with Crippen molar-refractivity contribution in [3.63, 3.8) is 0 Å². The van der Waals surface area contributed by atoms with Gasteiger partial charge in [0.2, 0.25) is 0 Å². The van der Waals surface area contributed by atoms with Crippen molar-refractivity contribution < 1.29 is 9.59 Å². The zero-order chi connectivity index (χ0) is 15.8. The van der Waals surface area contributed by atoms with E-state index in [9.17, 15) is 9.59 Å². The molecule has 1 rings (SSSR count). The van der Waals surface area contributed by atoms with Crippen molar-refractivity contribution in [2.45, 2.75) is 33.6 Å². The highest BCUT2D eigenvalue weighted by Gasteiger charge is 2.11. The number of amides is 2. The summed E-state index contributed by atoms with van der Waals surface area (Å²) >= 11 is 0. The number of nitrogens with one attached hydrogen (secondary N) is 2. The SMILES string of the molecule is CC(C)CNC(=O)C(=O)N/N=C\c1ccc(C(C)C)cc1. The third kappa shape index (κ3) is 6.21. The average molecular weight is 289 g/mol. The maximum absolute atomic E-state index is 11.5. The van der Waals surface area contributed by atoms with Gasteiger partial charge >= 0.3 is 11.8 Å². The first-order valence-electron chi connectivity index (χ1n) is 7.11. The highest BCUT2D eigenvalue weighted by molar-refractivity contribution is 6.35. The van der Waals surface area contributed by atoms with E-state index in [1.807, 2.05) is 38.1 Å². The lowest BCUT2D eigenvalue weighted by Gasteiger charge is -2.06. The third-order valence-electron chi connectivity index (χ3n) is 2.86. The van der Waals surface area contributed by atoms with E-state index < -0.39 is 11.8 Å². The number of hydrogen-bond donors (Lipinski definition) is 2. The quantitative estimate of drug-likeness (QED) is 0.494. The molecule has 2 N–H and O–H groups in total. The van der Waals surface area contributed by atoms with E-state index in [1.54, 1.807) is 0 Å². The van der Waals surface area contributed by atoms with Gasteiger partial charge in [-0.15, -0.1) is 0 Å². The molecule has 21 heavy (non-hydrogen) atoms. The van der Waals surface area contributed by atoms with Crippen LogP contribution in [0.2, 0.25) is 0 Å². The minimum atomic E-state index is -0.759. The lowest BCUT2D eigenvalue weighted by atomic mass is 10.0. The smallest absolute Gasteiger partial charge is 0.329 e. The maximum Gasteiger partial charge on any atom is 0.329 e. The Hall–Kier alpha value is -2.17. The van der Waals surface area contributed by atoms with Gasteiger partial charge in [-0.2, -0.15) is 5.10 Å². The van der Waals surface area contributed by atoms with E-state index in [0.29, 0.717) is 18.4 Å². The normalized spacial score (nSPS) is 11.1. The number of rotatable bonds is 5. The Morgan fingerprint density at radius 1 is 1.10 bits per heavy atom. The number of carbonyl (C=O) groups is 2. The number of nitrogens with zero attached hydrogens (tertiary/aromatic N) is 1. The summed E-state index contributed by atoms with van der Waals surface area (Å²) in [5.41, 5.74) is 4.31. The van der Waals surface area contributed by atoms with Gasteiger partial charge in [0.05, 0.1) is 6.21 Å². The van der Waals surface area contributed by atoms with E-state index in [2.05, 4.69) is 29.7 Å². The van der Waals surface area contributed by atoms with Crippen molar-refractivity contribution in [2.24, 2.45) is 11.0 Å². The summed E-state index contributed by atoms with van der Waals surface area (Å²) in [6.45, 7) is 8.62. The third-order valence-corrected chi connectivity index (χ3v) is 2.86. The van der Waals surface area contributed by atoms with E-state index in [1.165, 1.54) is 11.8 Å². The maximum atomic E-state index is 11.5. The second kappa shape index (κ2) is 8.19. The fourth-order valence-electron chi connectivity index (χ4n) is 1.56. The van der Waals surface area contributed by atoms with Gasteiger partial charge in [0.15, 0.2) is 0 Å². The molecule has 0 bridgehead atoms. The monoisotopic (exact) mass is 289 g/mol. The fourth-order valence-corrected chi connectivity index (χ4v) is 1.56. The summed E-state index contributed by atoms with van der Waals surface area (Å²) in [5, 5.41) is 6.30. The molecule has 114 valence electrons. The molecule has 0 aliphatic heterocycles. The van der Waals surface area contributed by atoms with E-state index >= 15 is 0 Å². The molecule has 0 spiro atoms. The molecule has 1 aromatic carbocycles. The van der Waals surface area contributed by atoms with Gasteiger partial charge in [-0.05, 0) is 23.0 Å². The van der Waals surface area contributed by atoms with Gasteiger partial charge in [0, 0.05) is 6.54 Å². The second-order valence-corrected chi connectivity index (χ2v) is 5.62.